The number of carboxylic acids is 1. The molecule has 0 atom stereocenters. The van der Waals surface area contributed by atoms with Crippen LogP contribution < -0.4 is 0 Å². The molecule has 0 saturated heterocycles. The Bertz CT molecular complexity index is 254. The van der Waals surface area contributed by atoms with Crippen molar-refractivity contribution < 1.29 is 24.3 Å². The van der Waals surface area contributed by atoms with E-state index in [1.54, 1.807) is 0 Å². The zero-order valence-corrected chi connectivity index (χ0v) is 7.92. The number of alkyl halides is 2. The largest absolute Gasteiger partial charge is 0.478 e. The summed E-state index contributed by atoms with van der Waals surface area (Å²) in [6.45, 7) is 0. The molecule has 0 spiro atoms. The summed E-state index contributed by atoms with van der Waals surface area (Å²) in [6, 6.07) is 0. The molecule has 0 aliphatic carbocycles. The van der Waals surface area contributed by atoms with E-state index < -0.39 is 24.0 Å². The molecule has 0 heterocycles. The summed E-state index contributed by atoms with van der Waals surface area (Å²) < 4.78 is 10.3. The number of hydrogen-bond donors (Lipinski definition) is 3. The molecular formula is C4H5Cl2O5P. The van der Waals surface area contributed by atoms with Crippen LogP contribution in [-0.4, -0.2) is 25.7 Å². The minimum Gasteiger partial charge on any atom is -0.478 e. The first-order valence-electron chi connectivity index (χ1n) is 2.53. The summed E-state index contributed by atoms with van der Waals surface area (Å²) in [6.07, 6.45) is 0. The Morgan fingerprint density at radius 2 is 1.83 bits per heavy atom. The Balaban J connectivity index is 4.88. The van der Waals surface area contributed by atoms with Crippen LogP contribution in [0, 0.1) is 0 Å². The van der Waals surface area contributed by atoms with Crippen LogP contribution in [0.5, 0.6) is 0 Å². The van der Waals surface area contributed by atoms with Gasteiger partial charge in [-0.3, -0.25) is 4.57 Å². The lowest BCUT2D eigenvalue weighted by atomic mass is 10.4. The molecule has 0 unspecified atom stereocenters. The molecule has 0 aliphatic heterocycles. The maximum Gasteiger partial charge on any atom is 0.349 e. The minimum absolute atomic E-state index is 0.222. The molecule has 0 amide bonds. The molecule has 0 radical (unpaired) electrons. The van der Waals surface area contributed by atoms with Crippen molar-refractivity contribution in [3.8, 4) is 0 Å². The van der Waals surface area contributed by atoms with Crippen LogP contribution in [0.25, 0.3) is 0 Å². The van der Waals surface area contributed by atoms with Crippen molar-refractivity contribution >= 4 is 36.8 Å². The Kier molecular flexibility index (Phi) is 4.23. The fourth-order valence-electron chi connectivity index (χ4n) is 0.386. The van der Waals surface area contributed by atoms with Crippen molar-refractivity contribution in [3.63, 3.8) is 0 Å². The maximum absolute atomic E-state index is 10.3. The smallest absolute Gasteiger partial charge is 0.349 e. The van der Waals surface area contributed by atoms with E-state index >= 15 is 0 Å². The zero-order chi connectivity index (χ0) is 9.94. The van der Waals surface area contributed by atoms with E-state index in [1.807, 2.05) is 0 Å². The molecule has 0 fully saturated rings. The molecule has 5 nitrogen and oxygen atoms in total. The van der Waals surface area contributed by atoms with E-state index in [1.165, 1.54) is 0 Å². The Morgan fingerprint density at radius 3 is 1.92 bits per heavy atom. The van der Waals surface area contributed by atoms with Gasteiger partial charge in [-0.05, 0) is 0 Å². The normalized spacial score (nSPS) is 13.6. The average molecular weight is 235 g/mol. The second-order valence-electron chi connectivity index (χ2n) is 1.78. The van der Waals surface area contributed by atoms with Crippen molar-refractivity contribution in [2.75, 3.05) is 0 Å². The highest BCUT2D eigenvalue weighted by Crippen LogP contribution is 2.39. The number of carboxylic acid groups (broad SMARTS) is 1. The highest BCUT2D eigenvalue weighted by molar-refractivity contribution is 7.55. The third-order valence-corrected chi connectivity index (χ3v) is 1.87. The first-order chi connectivity index (χ1) is 5.24. The van der Waals surface area contributed by atoms with E-state index in [2.05, 4.69) is 0 Å². The fourth-order valence-corrected chi connectivity index (χ4v) is 1.50. The van der Waals surface area contributed by atoms with Crippen molar-refractivity contribution in [1.82, 2.24) is 0 Å². The van der Waals surface area contributed by atoms with Gasteiger partial charge in [-0.1, -0.05) is 23.2 Å². The zero-order valence-electron chi connectivity index (χ0n) is 5.52. The van der Waals surface area contributed by atoms with Crippen LogP contribution in [0.1, 0.15) is 0 Å². The molecule has 0 rings (SSSR count). The highest BCUT2D eigenvalue weighted by Gasteiger charge is 2.21. The lowest BCUT2D eigenvalue weighted by molar-refractivity contribution is -0.132. The summed E-state index contributed by atoms with van der Waals surface area (Å²) in [7, 11) is -4.54. The van der Waals surface area contributed by atoms with Crippen LogP contribution in [0.15, 0.2) is 11.4 Å². The van der Waals surface area contributed by atoms with Gasteiger partial charge in [-0.2, -0.15) is 0 Å². The summed E-state index contributed by atoms with van der Waals surface area (Å²) in [4.78, 5) is 25.5. The minimum atomic E-state index is -4.54. The van der Waals surface area contributed by atoms with E-state index in [-0.39, 0.29) is 5.82 Å². The van der Waals surface area contributed by atoms with Gasteiger partial charge in [0.15, 0.2) is 0 Å². The van der Waals surface area contributed by atoms with Crippen LogP contribution in [0.3, 0.4) is 0 Å². The van der Waals surface area contributed by atoms with Gasteiger partial charge in [0.2, 0.25) is 0 Å². The van der Waals surface area contributed by atoms with E-state index in [0.29, 0.717) is 0 Å². The van der Waals surface area contributed by atoms with Crippen molar-refractivity contribution in [1.29, 1.82) is 0 Å². The molecular weight excluding hydrogens is 230 g/mol. The predicted octanol–water partition coefficient (Wildman–Crippen LogP) is 0.936. The molecule has 0 bridgehead atoms. The summed E-state index contributed by atoms with van der Waals surface area (Å²) in [5.74, 6) is -1.34. The van der Waals surface area contributed by atoms with Crippen LogP contribution in [-0.2, 0) is 9.36 Å². The Morgan fingerprint density at radius 1 is 1.42 bits per heavy atom. The van der Waals surface area contributed by atoms with Gasteiger partial charge in [0, 0.05) is 5.82 Å². The standard InChI is InChI=1S/C4H5Cl2O5P/c5-3(6)2(4(7)8)1-12(9,10)11/h1,3H,(H,7,8)(H2,9,10,11). The first-order valence-corrected chi connectivity index (χ1v) is 5.09. The van der Waals surface area contributed by atoms with Gasteiger partial charge in [-0.25, -0.2) is 4.79 Å². The quantitative estimate of drug-likeness (QED) is 0.384. The number of aliphatic carboxylic acids is 1. The predicted molar refractivity (Wildman–Crippen MR) is 43.3 cm³/mol. The molecule has 0 aromatic rings. The lowest BCUT2D eigenvalue weighted by Gasteiger charge is -2.02. The van der Waals surface area contributed by atoms with Crippen molar-refractivity contribution in [2.45, 2.75) is 4.84 Å². The number of hydrogen-bond acceptors (Lipinski definition) is 2. The fraction of sp³-hybridized carbons (Fsp3) is 0.250. The van der Waals surface area contributed by atoms with E-state index in [0.717, 1.165) is 0 Å². The number of carbonyl (C=O) groups is 1. The Labute approximate surface area is 77.8 Å². The molecule has 8 heteroatoms. The second-order valence-corrected chi connectivity index (χ2v) is 4.31. The molecule has 0 aromatic heterocycles. The topological polar surface area (TPSA) is 94.8 Å². The molecule has 3 N–H and O–H groups in total. The van der Waals surface area contributed by atoms with Gasteiger partial charge in [0.1, 0.15) is 4.84 Å². The van der Waals surface area contributed by atoms with Gasteiger partial charge in [0.05, 0.1) is 5.57 Å². The monoisotopic (exact) mass is 234 g/mol. The van der Waals surface area contributed by atoms with Crippen molar-refractivity contribution in [3.05, 3.63) is 11.4 Å². The third-order valence-electron chi connectivity index (χ3n) is 0.789. The summed E-state index contributed by atoms with van der Waals surface area (Å²) in [5.41, 5.74) is -0.730. The number of rotatable bonds is 3. The molecule has 70 valence electrons. The highest BCUT2D eigenvalue weighted by atomic mass is 35.5. The van der Waals surface area contributed by atoms with Gasteiger partial charge in [-0.15, -0.1) is 0 Å². The molecule has 0 saturated carbocycles. The van der Waals surface area contributed by atoms with Crippen LogP contribution >= 0.6 is 30.8 Å². The van der Waals surface area contributed by atoms with Crippen LogP contribution in [0.4, 0.5) is 0 Å². The average Bonchev–Trinajstić information content (AvgIpc) is 1.79. The van der Waals surface area contributed by atoms with Gasteiger partial charge < -0.3 is 14.9 Å². The molecule has 0 aromatic carbocycles. The maximum atomic E-state index is 10.3. The van der Waals surface area contributed by atoms with E-state index in [4.69, 9.17) is 38.1 Å². The third kappa shape index (κ3) is 4.74. The van der Waals surface area contributed by atoms with E-state index in [9.17, 15) is 9.36 Å². The molecule has 0 aliphatic rings. The SMILES string of the molecule is O=C(O)C(=CP(=O)(O)O)C(Cl)Cl. The summed E-state index contributed by atoms with van der Waals surface area (Å²) >= 11 is 10.2. The summed E-state index contributed by atoms with van der Waals surface area (Å²) in [5, 5.41) is 8.33. The molecule has 12 heavy (non-hydrogen) atoms. The first kappa shape index (κ1) is 11.9. The van der Waals surface area contributed by atoms with Gasteiger partial charge >= 0.3 is 13.6 Å². The second kappa shape index (κ2) is 4.25. The van der Waals surface area contributed by atoms with Gasteiger partial charge in [0.25, 0.3) is 0 Å². The van der Waals surface area contributed by atoms with Crippen molar-refractivity contribution in [2.24, 2.45) is 0 Å². The van der Waals surface area contributed by atoms with Crippen LogP contribution in [0.2, 0.25) is 0 Å². The Hall–Kier alpha value is -0.0600. The lowest BCUT2D eigenvalue weighted by Crippen LogP contribution is -2.07. The number of halogens is 2.